The molecule has 0 saturated carbocycles. The number of carbonyl (C=O) groups excluding carboxylic acids is 1. The Kier molecular flexibility index (Phi) is 10.4. The van der Waals surface area contributed by atoms with E-state index in [1.165, 1.54) is 0 Å². The fraction of sp³-hybridized carbons (Fsp3) is 0.205. The standard InChI is InChI=1S/C39H36N6O4S/c1-26-35(25-50-39-42-43-44-45(39)33-10-3-2-4-11-33)48-38(49-36(26)29-15-13-27(24-46)14-16-29)30-19-17-28(18-20-30)34-12-6-5-8-31(34)23-41-37(47)32-9-7-21-40-22-32/h2-22,26,35-36,38,46H,23-25H2,1H3,(H,41,47). The molecule has 11 heteroatoms. The van der Waals surface area contributed by atoms with Crippen molar-refractivity contribution in [2.24, 2.45) is 5.92 Å². The molecule has 50 heavy (non-hydrogen) atoms. The lowest BCUT2D eigenvalue weighted by molar-refractivity contribution is -0.268. The van der Waals surface area contributed by atoms with Crippen molar-refractivity contribution in [3.05, 3.63) is 155 Å². The molecular formula is C39H36N6O4S. The highest BCUT2D eigenvalue weighted by molar-refractivity contribution is 7.99. The normalized spacial score (nSPS) is 18.8. The molecule has 0 radical (unpaired) electrons. The minimum Gasteiger partial charge on any atom is -0.392 e. The number of para-hydroxylation sites is 1. The van der Waals surface area contributed by atoms with Crippen molar-refractivity contribution < 1.29 is 19.4 Å². The van der Waals surface area contributed by atoms with E-state index < -0.39 is 6.29 Å². The zero-order chi connectivity index (χ0) is 34.3. The number of hydrogen-bond acceptors (Lipinski definition) is 9. The Labute approximate surface area is 294 Å². The Balaban J connectivity index is 1.11. The summed E-state index contributed by atoms with van der Waals surface area (Å²) in [4.78, 5) is 16.7. The highest BCUT2D eigenvalue weighted by Gasteiger charge is 2.38. The zero-order valence-electron chi connectivity index (χ0n) is 27.4. The van der Waals surface area contributed by atoms with Crippen LogP contribution in [0.1, 0.15) is 51.9 Å². The Morgan fingerprint density at radius 1 is 0.880 bits per heavy atom. The Morgan fingerprint density at radius 3 is 2.40 bits per heavy atom. The molecule has 2 aromatic heterocycles. The average molecular weight is 685 g/mol. The van der Waals surface area contributed by atoms with Gasteiger partial charge in [0.2, 0.25) is 5.16 Å². The number of tetrazole rings is 1. The van der Waals surface area contributed by atoms with Crippen LogP contribution in [0.2, 0.25) is 0 Å². The Hall–Kier alpha value is -5.20. The number of carbonyl (C=O) groups is 1. The molecule has 3 heterocycles. The molecule has 4 unspecified atom stereocenters. The van der Waals surface area contributed by atoms with E-state index in [1.807, 2.05) is 84.9 Å². The van der Waals surface area contributed by atoms with Gasteiger partial charge in [-0.2, -0.15) is 4.68 Å². The second kappa shape index (κ2) is 15.6. The molecule has 4 atom stereocenters. The SMILES string of the molecule is CC1C(CSc2nnnn2-c2ccccc2)OC(c2ccc(-c3ccccc3CNC(=O)c3cccnc3)cc2)OC1c1ccc(CO)cc1. The van der Waals surface area contributed by atoms with Gasteiger partial charge in [0.1, 0.15) is 0 Å². The summed E-state index contributed by atoms with van der Waals surface area (Å²) in [5, 5.41) is 25.7. The Bertz CT molecular complexity index is 2010. The first kappa shape index (κ1) is 33.3. The van der Waals surface area contributed by atoms with Gasteiger partial charge in [0.05, 0.1) is 30.1 Å². The molecule has 0 spiro atoms. The summed E-state index contributed by atoms with van der Waals surface area (Å²) in [5.41, 5.74) is 7.20. The molecule has 0 bridgehead atoms. The molecule has 252 valence electrons. The molecule has 1 saturated heterocycles. The number of hydrogen-bond donors (Lipinski definition) is 2. The first-order valence-corrected chi connectivity index (χ1v) is 17.4. The third-order valence-electron chi connectivity index (χ3n) is 8.82. The summed E-state index contributed by atoms with van der Waals surface area (Å²) in [6, 6.07) is 37.4. The van der Waals surface area contributed by atoms with Crippen LogP contribution in [-0.2, 0) is 22.6 Å². The first-order valence-electron chi connectivity index (χ1n) is 16.4. The number of aliphatic hydroxyl groups excluding tert-OH is 1. The van der Waals surface area contributed by atoms with E-state index in [9.17, 15) is 9.90 Å². The van der Waals surface area contributed by atoms with Gasteiger partial charge in [-0.25, -0.2) is 0 Å². The lowest BCUT2D eigenvalue weighted by Gasteiger charge is -2.41. The van der Waals surface area contributed by atoms with Crippen LogP contribution in [0.5, 0.6) is 0 Å². The summed E-state index contributed by atoms with van der Waals surface area (Å²) in [6.07, 6.45) is 2.15. The van der Waals surface area contributed by atoms with E-state index in [4.69, 9.17) is 9.47 Å². The van der Waals surface area contributed by atoms with Gasteiger partial charge in [-0.3, -0.25) is 9.78 Å². The number of amides is 1. The number of thioether (sulfide) groups is 1. The fourth-order valence-electron chi connectivity index (χ4n) is 6.02. The molecule has 1 amide bonds. The summed E-state index contributed by atoms with van der Waals surface area (Å²) in [7, 11) is 0. The minimum atomic E-state index is -0.618. The number of rotatable bonds is 11. The van der Waals surface area contributed by atoms with Crippen molar-refractivity contribution in [1.29, 1.82) is 0 Å². The molecule has 10 nitrogen and oxygen atoms in total. The van der Waals surface area contributed by atoms with Gasteiger partial charge in [-0.1, -0.05) is 110 Å². The van der Waals surface area contributed by atoms with Crippen LogP contribution in [0.25, 0.3) is 16.8 Å². The summed E-state index contributed by atoms with van der Waals surface area (Å²) in [5.74, 6) is 0.442. The quantitative estimate of drug-likeness (QED) is 0.143. The molecule has 1 aliphatic rings. The number of aliphatic hydroxyl groups is 1. The fourth-order valence-corrected chi connectivity index (χ4v) is 7.07. The average Bonchev–Trinajstić information content (AvgIpc) is 3.66. The van der Waals surface area contributed by atoms with Crippen molar-refractivity contribution in [3.8, 4) is 16.8 Å². The number of nitrogens with zero attached hydrogens (tertiary/aromatic N) is 5. The van der Waals surface area contributed by atoms with Crippen molar-refractivity contribution in [2.45, 2.75) is 43.7 Å². The van der Waals surface area contributed by atoms with Crippen molar-refractivity contribution in [2.75, 3.05) is 5.75 Å². The largest absolute Gasteiger partial charge is 0.392 e. The molecular weight excluding hydrogens is 649 g/mol. The van der Waals surface area contributed by atoms with Gasteiger partial charge in [-0.15, -0.1) is 5.10 Å². The highest BCUT2D eigenvalue weighted by atomic mass is 32.2. The molecule has 1 fully saturated rings. The van der Waals surface area contributed by atoms with Gasteiger partial charge < -0.3 is 19.9 Å². The molecule has 1 aliphatic heterocycles. The molecule has 2 N–H and O–H groups in total. The predicted molar refractivity (Wildman–Crippen MR) is 190 cm³/mol. The maximum absolute atomic E-state index is 12.7. The third-order valence-corrected chi connectivity index (χ3v) is 9.82. The summed E-state index contributed by atoms with van der Waals surface area (Å²) < 4.78 is 15.1. The topological polar surface area (TPSA) is 124 Å². The Morgan fingerprint density at radius 2 is 1.64 bits per heavy atom. The number of ether oxygens (including phenoxy) is 2. The van der Waals surface area contributed by atoms with Gasteiger partial charge in [0.15, 0.2) is 6.29 Å². The van der Waals surface area contributed by atoms with Crippen LogP contribution in [0, 0.1) is 5.92 Å². The molecule has 7 rings (SSSR count). The summed E-state index contributed by atoms with van der Waals surface area (Å²) >= 11 is 1.55. The van der Waals surface area contributed by atoms with Gasteiger partial charge in [0, 0.05) is 36.2 Å². The minimum absolute atomic E-state index is 0.00723. The summed E-state index contributed by atoms with van der Waals surface area (Å²) in [6.45, 7) is 2.50. The van der Waals surface area contributed by atoms with Crippen LogP contribution in [0.4, 0.5) is 0 Å². The number of aromatic nitrogens is 5. The smallest absolute Gasteiger partial charge is 0.253 e. The predicted octanol–water partition coefficient (Wildman–Crippen LogP) is 6.73. The van der Waals surface area contributed by atoms with E-state index in [1.54, 1.807) is 41.0 Å². The van der Waals surface area contributed by atoms with Crippen LogP contribution in [-0.4, -0.2) is 48.1 Å². The van der Waals surface area contributed by atoms with Gasteiger partial charge in [0.25, 0.3) is 5.91 Å². The van der Waals surface area contributed by atoms with Crippen LogP contribution < -0.4 is 5.32 Å². The number of pyridine rings is 1. The first-order chi connectivity index (χ1) is 24.6. The number of nitrogens with one attached hydrogen (secondary N) is 1. The van der Waals surface area contributed by atoms with Crippen LogP contribution >= 0.6 is 11.8 Å². The van der Waals surface area contributed by atoms with Gasteiger partial charge >= 0.3 is 0 Å². The number of benzene rings is 4. The van der Waals surface area contributed by atoms with E-state index in [0.29, 0.717) is 23.0 Å². The van der Waals surface area contributed by atoms with Crippen LogP contribution in [0.3, 0.4) is 0 Å². The van der Waals surface area contributed by atoms with E-state index in [0.717, 1.165) is 39.1 Å². The zero-order valence-corrected chi connectivity index (χ0v) is 28.2. The monoisotopic (exact) mass is 684 g/mol. The molecule has 4 aromatic carbocycles. The lowest BCUT2D eigenvalue weighted by Crippen LogP contribution is -2.38. The van der Waals surface area contributed by atoms with Crippen molar-refractivity contribution in [3.63, 3.8) is 0 Å². The maximum Gasteiger partial charge on any atom is 0.253 e. The van der Waals surface area contributed by atoms with E-state index in [2.05, 4.69) is 50.9 Å². The maximum atomic E-state index is 12.7. The van der Waals surface area contributed by atoms with Gasteiger partial charge in [-0.05, 0) is 62.5 Å². The second-order valence-corrected chi connectivity index (χ2v) is 13.0. The third kappa shape index (κ3) is 7.51. The molecule has 6 aromatic rings. The lowest BCUT2D eigenvalue weighted by atomic mass is 9.91. The van der Waals surface area contributed by atoms with Crippen molar-refractivity contribution in [1.82, 2.24) is 30.5 Å². The molecule has 0 aliphatic carbocycles. The van der Waals surface area contributed by atoms with E-state index >= 15 is 0 Å². The highest BCUT2D eigenvalue weighted by Crippen LogP contribution is 2.43. The van der Waals surface area contributed by atoms with Crippen molar-refractivity contribution >= 4 is 17.7 Å². The second-order valence-electron chi connectivity index (χ2n) is 12.0. The van der Waals surface area contributed by atoms with E-state index in [-0.39, 0.29) is 30.6 Å². The van der Waals surface area contributed by atoms with Crippen LogP contribution in [0.15, 0.2) is 133 Å².